The van der Waals surface area contributed by atoms with E-state index in [-0.39, 0.29) is 24.7 Å². The standard InChI is InChI=1S/C12H18O5/c1-7(2)4-11(15)17-12-8(3)16-6-10(14)9(12)5-13/h5,7,9-10,14H,4,6H2,1-3H3. The van der Waals surface area contributed by atoms with Gasteiger partial charge in [-0.1, -0.05) is 13.8 Å². The van der Waals surface area contributed by atoms with E-state index in [1.54, 1.807) is 6.92 Å². The van der Waals surface area contributed by atoms with Gasteiger partial charge in [0.2, 0.25) is 0 Å². The number of hydrogen-bond acceptors (Lipinski definition) is 5. The first-order chi connectivity index (χ1) is 7.95. The average molecular weight is 242 g/mol. The van der Waals surface area contributed by atoms with Crippen LogP contribution in [0, 0.1) is 11.8 Å². The Balaban J connectivity index is 2.78. The summed E-state index contributed by atoms with van der Waals surface area (Å²) in [7, 11) is 0. The fourth-order valence-corrected chi connectivity index (χ4v) is 1.58. The molecule has 0 spiro atoms. The molecule has 2 unspecified atom stereocenters. The number of esters is 1. The summed E-state index contributed by atoms with van der Waals surface area (Å²) in [6.07, 6.45) is -0.120. The Kier molecular flexibility index (Phi) is 4.69. The van der Waals surface area contributed by atoms with Crippen LogP contribution in [0.5, 0.6) is 0 Å². The molecular formula is C12H18O5. The number of aliphatic hydroxyl groups excluding tert-OH is 1. The van der Waals surface area contributed by atoms with E-state index in [1.165, 1.54) is 0 Å². The van der Waals surface area contributed by atoms with Crippen LogP contribution in [-0.4, -0.2) is 30.1 Å². The first-order valence-electron chi connectivity index (χ1n) is 5.63. The molecule has 0 saturated carbocycles. The van der Waals surface area contributed by atoms with Crippen LogP contribution < -0.4 is 0 Å². The van der Waals surface area contributed by atoms with E-state index in [1.807, 2.05) is 13.8 Å². The first kappa shape index (κ1) is 13.7. The van der Waals surface area contributed by atoms with Crippen molar-refractivity contribution in [1.82, 2.24) is 0 Å². The molecule has 0 aliphatic carbocycles. The van der Waals surface area contributed by atoms with E-state index >= 15 is 0 Å². The Hall–Kier alpha value is -1.36. The number of hydrogen-bond donors (Lipinski definition) is 1. The van der Waals surface area contributed by atoms with E-state index < -0.39 is 18.0 Å². The fourth-order valence-electron chi connectivity index (χ4n) is 1.58. The molecular weight excluding hydrogens is 224 g/mol. The second-order valence-corrected chi connectivity index (χ2v) is 4.53. The maximum atomic E-state index is 11.5. The topological polar surface area (TPSA) is 72.8 Å². The molecule has 0 radical (unpaired) electrons. The molecule has 1 aliphatic rings. The minimum atomic E-state index is -0.960. The molecule has 0 aromatic rings. The number of ether oxygens (including phenoxy) is 2. The van der Waals surface area contributed by atoms with Gasteiger partial charge in [-0.25, -0.2) is 0 Å². The highest BCUT2D eigenvalue weighted by Crippen LogP contribution is 2.26. The molecule has 0 fully saturated rings. The van der Waals surface area contributed by atoms with Gasteiger partial charge in [-0.15, -0.1) is 0 Å². The molecule has 0 aromatic heterocycles. The Morgan fingerprint density at radius 1 is 1.65 bits per heavy atom. The highest BCUT2D eigenvalue weighted by molar-refractivity contribution is 5.72. The summed E-state index contributed by atoms with van der Waals surface area (Å²) in [6.45, 7) is 5.44. The van der Waals surface area contributed by atoms with Crippen molar-refractivity contribution in [2.45, 2.75) is 33.3 Å². The van der Waals surface area contributed by atoms with Gasteiger partial charge >= 0.3 is 5.97 Å². The van der Waals surface area contributed by atoms with Crippen LogP contribution >= 0.6 is 0 Å². The lowest BCUT2D eigenvalue weighted by molar-refractivity contribution is -0.144. The average Bonchev–Trinajstić information content (AvgIpc) is 2.23. The van der Waals surface area contributed by atoms with Gasteiger partial charge < -0.3 is 19.4 Å². The molecule has 1 aliphatic heterocycles. The summed E-state index contributed by atoms with van der Waals surface area (Å²) < 4.78 is 10.2. The summed E-state index contributed by atoms with van der Waals surface area (Å²) in [5, 5.41) is 9.57. The number of carbonyl (C=O) groups excluding carboxylic acids is 2. The Bertz CT molecular complexity index is 332. The molecule has 5 nitrogen and oxygen atoms in total. The zero-order valence-electron chi connectivity index (χ0n) is 10.3. The van der Waals surface area contributed by atoms with Gasteiger partial charge in [-0.05, 0) is 12.8 Å². The largest absolute Gasteiger partial charge is 0.492 e. The summed E-state index contributed by atoms with van der Waals surface area (Å²) in [5.41, 5.74) is 0. The molecule has 17 heavy (non-hydrogen) atoms. The number of aliphatic hydroxyl groups is 1. The van der Waals surface area contributed by atoms with Crippen molar-refractivity contribution >= 4 is 12.3 Å². The van der Waals surface area contributed by atoms with Gasteiger partial charge in [0.1, 0.15) is 30.7 Å². The molecule has 1 N–H and O–H groups in total. The maximum absolute atomic E-state index is 11.5. The minimum Gasteiger partial charge on any atom is -0.492 e. The van der Waals surface area contributed by atoms with Crippen molar-refractivity contribution in [3.8, 4) is 0 Å². The third-order valence-electron chi connectivity index (χ3n) is 2.48. The highest BCUT2D eigenvalue weighted by Gasteiger charge is 2.33. The molecule has 2 atom stereocenters. The van der Waals surface area contributed by atoms with E-state index in [9.17, 15) is 14.7 Å². The van der Waals surface area contributed by atoms with E-state index in [0.29, 0.717) is 12.0 Å². The summed E-state index contributed by atoms with van der Waals surface area (Å²) >= 11 is 0. The van der Waals surface area contributed by atoms with Crippen molar-refractivity contribution in [2.75, 3.05) is 6.61 Å². The third kappa shape index (κ3) is 3.56. The van der Waals surface area contributed by atoms with Gasteiger partial charge in [-0.2, -0.15) is 0 Å². The second kappa shape index (κ2) is 5.82. The van der Waals surface area contributed by atoms with Gasteiger partial charge in [0, 0.05) is 6.42 Å². The van der Waals surface area contributed by atoms with E-state index in [2.05, 4.69) is 0 Å². The maximum Gasteiger partial charge on any atom is 0.311 e. The molecule has 0 bridgehead atoms. The predicted molar refractivity (Wildman–Crippen MR) is 59.8 cm³/mol. The van der Waals surface area contributed by atoms with Crippen LogP contribution in [0.1, 0.15) is 27.2 Å². The van der Waals surface area contributed by atoms with Gasteiger partial charge in [0.25, 0.3) is 0 Å². The predicted octanol–water partition coefficient (Wildman–Crippen LogP) is 1.01. The van der Waals surface area contributed by atoms with Crippen LogP contribution in [-0.2, 0) is 19.1 Å². The zero-order valence-corrected chi connectivity index (χ0v) is 10.3. The van der Waals surface area contributed by atoms with Crippen LogP contribution in [0.15, 0.2) is 11.5 Å². The number of allylic oxidation sites excluding steroid dienone is 1. The molecule has 5 heteroatoms. The molecule has 0 saturated heterocycles. The van der Waals surface area contributed by atoms with Crippen LogP contribution in [0.25, 0.3) is 0 Å². The highest BCUT2D eigenvalue weighted by atomic mass is 16.6. The normalized spacial score (nSPS) is 24.5. The van der Waals surface area contributed by atoms with Gasteiger partial charge in [-0.3, -0.25) is 4.79 Å². The zero-order chi connectivity index (χ0) is 13.0. The number of aldehydes is 1. The lowest BCUT2D eigenvalue weighted by Gasteiger charge is -2.27. The van der Waals surface area contributed by atoms with Crippen LogP contribution in [0.2, 0.25) is 0 Å². The smallest absolute Gasteiger partial charge is 0.311 e. The number of rotatable bonds is 4. The van der Waals surface area contributed by atoms with Crippen LogP contribution in [0.3, 0.4) is 0 Å². The number of carbonyl (C=O) groups is 2. The molecule has 1 heterocycles. The lowest BCUT2D eigenvalue weighted by atomic mass is 9.99. The van der Waals surface area contributed by atoms with E-state index in [4.69, 9.17) is 9.47 Å². The van der Waals surface area contributed by atoms with Crippen molar-refractivity contribution in [3.63, 3.8) is 0 Å². The minimum absolute atomic E-state index is 0.0421. The van der Waals surface area contributed by atoms with Gasteiger partial charge in [0.05, 0.1) is 0 Å². The Morgan fingerprint density at radius 2 is 2.29 bits per heavy atom. The second-order valence-electron chi connectivity index (χ2n) is 4.53. The Labute approximate surface area is 100 Å². The van der Waals surface area contributed by atoms with Crippen LogP contribution in [0.4, 0.5) is 0 Å². The molecule has 96 valence electrons. The molecule has 1 rings (SSSR count). The third-order valence-corrected chi connectivity index (χ3v) is 2.48. The first-order valence-corrected chi connectivity index (χ1v) is 5.63. The van der Waals surface area contributed by atoms with Crippen molar-refractivity contribution in [2.24, 2.45) is 11.8 Å². The quantitative estimate of drug-likeness (QED) is 0.588. The van der Waals surface area contributed by atoms with Crippen molar-refractivity contribution < 1.29 is 24.2 Å². The lowest BCUT2D eigenvalue weighted by Crippen LogP contribution is -2.35. The van der Waals surface area contributed by atoms with Crippen molar-refractivity contribution in [1.29, 1.82) is 0 Å². The summed E-state index contributed by atoms with van der Waals surface area (Å²) in [5.74, 6) is -0.555. The summed E-state index contributed by atoms with van der Waals surface area (Å²) in [4.78, 5) is 22.4. The fraction of sp³-hybridized carbons (Fsp3) is 0.667. The SMILES string of the molecule is CC1=C(OC(=O)CC(C)C)C(C=O)C(O)CO1. The monoisotopic (exact) mass is 242 g/mol. The summed E-state index contributed by atoms with van der Waals surface area (Å²) in [6, 6.07) is 0. The van der Waals surface area contributed by atoms with Gasteiger partial charge in [0.15, 0.2) is 5.76 Å². The molecule has 0 amide bonds. The Morgan fingerprint density at radius 3 is 2.82 bits per heavy atom. The van der Waals surface area contributed by atoms with E-state index in [0.717, 1.165) is 0 Å². The molecule has 0 aromatic carbocycles. The van der Waals surface area contributed by atoms with Crippen molar-refractivity contribution in [3.05, 3.63) is 11.5 Å².